The number of amides is 2. The van der Waals surface area contributed by atoms with E-state index in [0.717, 1.165) is 29.0 Å². The van der Waals surface area contributed by atoms with Crippen molar-refractivity contribution in [3.8, 4) is 0 Å². The first-order valence-electron chi connectivity index (χ1n) is 12.0. The Hall–Kier alpha value is -3.89. The zero-order valence-electron chi connectivity index (χ0n) is 21.8. The van der Waals surface area contributed by atoms with Crippen LogP contribution >= 0.6 is 0 Å². The fourth-order valence-corrected chi connectivity index (χ4v) is 3.29. The van der Waals surface area contributed by atoms with Gasteiger partial charge in [-0.05, 0) is 62.3 Å². The molecule has 2 aromatic carbocycles. The van der Waals surface area contributed by atoms with E-state index in [0.29, 0.717) is 30.3 Å². The average Bonchev–Trinajstić information content (AvgIpc) is 2.87. The minimum atomic E-state index is -0.676. The van der Waals surface area contributed by atoms with Crippen molar-refractivity contribution in [3.63, 3.8) is 0 Å². The molecule has 10 nitrogen and oxygen atoms in total. The minimum absolute atomic E-state index is 0.133. The third-order valence-corrected chi connectivity index (χ3v) is 5.29. The summed E-state index contributed by atoms with van der Waals surface area (Å²) in [4.78, 5) is 39.2. The first-order valence-corrected chi connectivity index (χ1v) is 12.0. The Morgan fingerprint density at radius 2 is 1.54 bits per heavy atom. The van der Waals surface area contributed by atoms with Gasteiger partial charge < -0.3 is 19.3 Å². The largest absolute Gasteiger partial charge is 0.463 e. The molecular weight excluding hydrogens is 476 g/mol. The summed E-state index contributed by atoms with van der Waals surface area (Å²) < 4.78 is 10.0. The van der Waals surface area contributed by atoms with Crippen molar-refractivity contribution >= 4 is 29.3 Å². The van der Waals surface area contributed by atoms with Crippen molar-refractivity contribution in [2.45, 2.75) is 26.5 Å². The Morgan fingerprint density at radius 3 is 2.16 bits per heavy atom. The first-order chi connectivity index (χ1) is 17.7. The molecule has 0 saturated heterocycles. The molecule has 0 aliphatic rings. The minimum Gasteiger partial charge on any atom is -0.463 e. The lowest BCUT2D eigenvalue weighted by Crippen LogP contribution is -2.29. The number of benzene rings is 2. The second-order valence-corrected chi connectivity index (χ2v) is 8.60. The lowest BCUT2D eigenvalue weighted by Gasteiger charge is -2.19. The molecule has 0 fully saturated rings. The van der Waals surface area contributed by atoms with Crippen LogP contribution in [0.5, 0.6) is 0 Å². The topological polar surface area (TPSA) is 112 Å². The summed E-state index contributed by atoms with van der Waals surface area (Å²) in [5, 5.41) is 13.1. The van der Waals surface area contributed by atoms with Gasteiger partial charge in [-0.1, -0.05) is 24.3 Å². The van der Waals surface area contributed by atoms with Crippen molar-refractivity contribution in [3.05, 3.63) is 71.8 Å². The van der Waals surface area contributed by atoms with Crippen LogP contribution in [0.1, 0.15) is 24.5 Å². The van der Waals surface area contributed by atoms with E-state index in [4.69, 9.17) is 9.47 Å². The van der Waals surface area contributed by atoms with Gasteiger partial charge in [-0.15, -0.1) is 0 Å². The SMILES string of the molecule is CCOC(=O)C=CC(=O)N(O)CCCN(C)Cc1ccc(COC(=O)Nc2ccc(N(C)C)cc2)cc1. The van der Waals surface area contributed by atoms with Crippen LogP contribution in [0.4, 0.5) is 16.2 Å². The number of nitrogens with zero attached hydrogens (tertiary/aromatic N) is 3. The van der Waals surface area contributed by atoms with Gasteiger partial charge in [-0.3, -0.25) is 15.3 Å². The van der Waals surface area contributed by atoms with Gasteiger partial charge >= 0.3 is 12.1 Å². The summed E-state index contributed by atoms with van der Waals surface area (Å²) in [6.45, 7) is 3.49. The number of esters is 1. The molecule has 0 radical (unpaired) electrons. The number of rotatable bonds is 13. The van der Waals surface area contributed by atoms with Crippen LogP contribution in [-0.2, 0) is 32.2 Å². The number of hydroxylamine groups is 2. The maximum atomic E-state index is 12.1. The number of anilines is 2. The molecule has 200 valence electrons. The fraction of sp³-hybridized carbons (Fsp3) is 0.370. The van der Waals surface area contributed by atoms with E-state index < -0.39 is 18.0 Å². The van der Waals surface area contributed by atoms with Crippen LogP contribution in [0.3, 0.4) is 0 Å². The molecule has 0 atom stereocenters. The Balaban J connectivity index is 1.69. The maximum Gasteiger partial charge on any atom is 0.411 e. The van der Waals surface area contributed by atoms with E-state index in [1.807, 2.05) is 74.6 Å². The molecule has 10 heteroatoms. The molecule has 0 bridgehead atoms. The first kappa shape index (κ1) is 29.3. The van der Waals surface area contributed by atoms with Gasteiger partial charge in [0.05, 0.1) is 6.61 Å². The van der Waals surface area contributed by atoms with E-state index >= 15 is 0 Å². The molecule has 0 heterocycles. The van der Waals surface area contributed by atoms with Crippen LogP contribution in [0.2, 0.25) is 0 Å². The monoisotopic (exact) mass is 512 g/mol. The maximum absolute atomic E-state index is 12.1. The third kappa shape index (κ3) is 11.1. The van der Waals surface area contributed by atoms with Crippen LogP contribution in [-0.4, -0.2) is 74.0 Å². The van der Waals surface area contributed by atoms with E-state index in [2.05, 4.69) is 10.2 Å². The highest BCUT2D eigenvalue weighted by Gasteiger charge is 2.09. The van der Waals surface area contributed by atoms with Gasteiger partial charge in [0, 0.05) is 50.7 Å². The Kier molecular flexibility index (Phi) is 12.1. The van der Waals surface area contributed by atoms with Gasteiger partial charge in [-0.25, -0.2) is 14.7 Å². The molecule has 0 aromatic heterocycles. The smallest absolute Gasteiger partial charge is 0.411 e. The molecule has 37 heavy (non-hydrogen) atoms. The highest BCUT2D eigenvalue weighted by atomic mass is 16.5. The zero-order valence-corrected chi connectivity index (χ0v) is 21.8. The summed E-state index contributed by atoms with van der Waals surface area (Å²) in [6, 6.07) is 15.2. The molecule has 0 saturated carbocycles. The zero-order chi connectivity index (χ0) is 27.2. The summed E-state index contributed by atoms with van der Waals surface area (Å²) in [5.41, 5.74) is 3.65. The quantitative estimate of drug-likeness (QED) is 0.181. The summed E-state index contributed by atoms with van der Waals surface area (Å²) >= 11 is 0. The van der Waals surface area contributed by atoms with Gasteiger partial charge in [0.1, 0.15) is 6.61 Å². The second-order valence-electron chi connectivity index (χ2n) is 8.60. The van der Waals surface area contributed by atoms with Crippen molar-refractivity contribution in [1.82, 2.24) is 9.96 Å². The number of hydrogen-bond donors (Lipinski definition) is 2. The molecular formula is C27H36N4O6. The lowest BCUT2D eigenvalue weighted by molar-refractivity contribution is -0.159. The summed E-state index contributed by atoms with van der Waals surface area (Å²) in [7, 11) is 5.84. The van der Waals surface area contributed by atoms with Crippen LogP contribution < -0.4 is 10.2 Å². The highest BCUT2D eigenvalue weighted by Crippen LogP contribution is 2.16. The number of nitrogens with one attached hydrogen (secondary N) is 1. The van der Waals surface area contributed by atoms with Crippen LogP contribution in [0.25, 0.3) is 0 Å². The summed E-state index contributed by atoms with van der Waals surface area (Å²) in [6.07, 6.45) is 2.00. The van der Waals surface area contributed by atoms with Crippen molar-refractivity contribution < 1.29 is 29.1 Å². The van der Waals surface area contributed by atoms with Crippen molar-refractivity contribution in [2.75, 3.05) is 51.1 Å². The van der Waals surface area contributed by atoms with Gasteiger partial charge in [0.2, 0.25) is 0 Å². The average molecular weight is 513 g/mol. The Labute approximate surface area is 218 Å². The van der Waals surface area contributed by atoms with E-state index in [1.54, 1.807) is 6.92 Å². The van der Waals surface area contributed by atoms with E-state index in [9.17, 15) is 19.6 Å². The van der Waals surface area contributed by atoms with Gasteiger partial charge in [0.25, 0.3) is 5.91 Å². The third-order valence-electron chi connectivity index (χ3n) is 5.29. The standard InChI is InChI=1S/C27H36N4O6/c1-5-36-26(33)16-15-25(32)31(35)18-6-17-30(4)19-21-7-9-22(10-8-21)20-37-27(34)28-23-11-13-24(14-12-23)29(2)3/h7-16,35H,5-6,17-20H2,1-4H3,(H,28,34). The van der Waals surface area contributed by atoms with Crippen molar-refractivity contribution in [2.24, 2.45) is 0 Å². The highest BCUT2D eigenvalue weighted by molar-refractivity contribution is 5.94. The normalized spacial score (nSPS) is 10.9. The molecule has 0 unspecified atom stereocenters. The second kappa shape index (κ2) is 15.3. The molecule has 0 aliphatic carbocycles. The van der Waals surface area contributed by atoms with Crippen LogP contribution in [0.15, 0.2) is 60.7 Å². The van der Waals surface area contributed by atoms with E-state index in [-0.39, 0.29) is 19.8 Å². The van der Waals surface area contributed by atoms with Gasteiger partial charge in [-0.2, -0.15) is 0 Å². The predicted octanol–water partition coefficient (Wildman–Crippen LogP) is 3.66. The summed E-state index contributed by atoms with van der Waals surface area (Å²) in [5.74, 6) is -1.31. The van der Waals surface area contributed by atoms with E-state index in [1.165, 1.54) is 0 Å². The molecule has 2 amide bonds. The number of hydrogen-bond acceptors (Lipinski definition) is 8. The molecule has 2 rings (SSSR count). The lowest BCUT2D eigenvalue weighted by atomic mass is 10.1. The fourth-order valence-electron chi connectivity index (χ4n) is 3.29. The van der Waals surface area contributed by atoms with Gasteiger partial charge in [0.15, 0.2) is 0 Å². The molecule has 0 aliphatic heterocycles. The number of carbonyl (C=O) groups excluding carboxylic acids is 3. The molecule has 2 aromatic rings. The molecule has 0 spiro atoms. The predicted molar refractivity (Wildman–Crippen MR) is 141 cm³/mol. The van der Waals surface area contributed by atoms with Crippen molar-refractivity contribution in [1.29, 1.82) is 0 Å². The Morgan fingerprint density at radius 1 is 0.892 bits per heavy atom. The number of carbonyl (C=O) groups is 3. The Bertz CT molecular complexity index is 1040. The number of ether oxygens (including phenoxy) is 2. The molecule has 2 N–H and O–H groups in total. The van der Waals surface area contributed by atoms with Crippen LogP contribution in [0, 0.1) is 0 Å².